The van der Waals surface area contributed by atoms with E-state index in [0.717, 1.165) is 6.42 Å². The van der Waals surface area contributed by atoms with Crippen molar-refractivity contribution < 1.29 is 0 Å². The second-order valence-electron chi connectivity index (χ2n) is 3.81. The Morgan fingerprint density at radius 3 is 3.00 bits per heavy atom. The zero-order valence-electron chi connectivity index (χ0n) is 7.96. The summed E-state index contributed by atoms with van der Waals surface area (Å²) in [7, 11) is 2.20. The van der Waals surface area contributed by atoms with Crippen LogP contribution < -0.4 is 0 Å². The molecule has 1 aliphatic rings. The summed E-state index contributed by atoms with van der Waals surface area (Å²) >= 11 is 0. The molecule has 0 aliphatic carbocycles. The SMILES string of the molecule is CC1Cc2[nH]ccc2C(C)N1C. The molecule has 2 heterocycles. The highest BCUT2D eigenvalue weighted by molar-refractivity contribution is 5.27. The zero-order chi connectivity index (χ0) is 8.72. The quantitative estimate of drug-likeness (QED) is 0.621. The monoisotopic (exact) mass is 164 g/mol. The lowest BCUT2D eigenvalue weighted by Crippen LogP contribution is -2.37. The lowest BCUT2D eigenvalue weighted by molar-refractivity contribution is 0.178. The predicted molar refractivity (Wildman–Crippen MR) is 50.1 cm³/mol. The number of aromatic amines is 1. The first-order valence-electron chi connectivity index (χ1n) is 4.58. The van der Waals surface area contributed by atoms with Crippen molar-refractivity contribution in [3.8, 4) is 0 Å². The fourth-order valence-corrected chi connectivity index (χ4v) is 2.02. The summed E-state index contributed by atoms with van der Waals surface area (Å²) in [5.41, 5.74) is 2.89. The molecule has 1 aromatic heterocycles. The molecule has 2 nitrogen and oxygen atoms in total. The molecule has 2 atom stereocenters. The van der Waals surface area contributed by atoms with Crippen molar-refractivity contribution in [1.82, 2.24) is 9.88 Å². The van der Waals surface area contributed by atoms with Gasteiger partial charge < -0.3 is 4.98 Å². The lowest BCUT2D eigenvalue weighted by Gasteiger charge is -2.35. The Morgan fingerprint density at radius 2 is 2.25 bits per heavy atom. The summed E-state index contributed by atoms with van der Waals surface area (Å²) in [5.74, 6) is 0. The first-order valence-corrected chi connectivity index (χ1v) is 4.58. The van der Waals surface area contributed by atoms with E-state index in [-0.39, 0.29) is 0 Å². The zero-order valence-corrected chi connectivity index (χ0v) is 7.96. The van der Waals surface area contributed by atoms with Gasteiger partial charge in [0.05, 0.1) is 0 Å². The molecule has 2 heteroatoms. The Bertz CT molecular complexity index is 277. The fourth-order valence-electron chi connectivity index (χ4n) is 2.02. The first kappa shape index (κ1) is 7.87. The minimum atomic E-state index is 0.565. The maximum Gasteiger partial charge on any atom is 0.0337 e. The molecule has 0 amide bonds. The number of nitrogens with zero attached hydrogens (tertiary/aromatic N) is 1. The predicted octanol–water partition coefficient (Wildman–Crippen LogP) is 1.95. The molecular weight excluding hydrogens is 148 g/mol. The topological polar surface area (TPSA) is 19.0 Å². The van der Waals surface area contributed by atoms with Crippen LogP contribution in [0.1, 0.15) is 31.1 Å². The molecule has 0 spiro atoms. The van der Waals surface area contributed by atoms with Gasteiger partial charge in [0.1, 0.15) is 0 Å². The van der Waals surface area contributed by atoms with E-state index in [9.17, 15) is 0 Å². The summed E-state index contributed by atoms with van der Waals surface area (Å²) in [6.07, 6.45) is 3.20. The normalized spacial score (nSPS) is 30.2. The lowest BCUT2D eigenvalue weighted by atomic mass is 9.96. The van der Waals surface area contributed by atoms with Crippen LogP contribution in [0.5, 0.6) is 0 Å². The van der Waals surface area contributed by atoms with E-state index in [4.69, 9.17) is 0 Å². The van der Waals surface area contributed by atoms with Gasteiger partial charge in [-0.15, -0.1) is 0 Å². The third-order valence-electron chi connectivity index (χ3n) is 3.12. The van der Waals surface area contributed by atoms with E-state index in [1.165, 1.54) is 11.3 Å². The van der Waals surface area contributed by atoms with Crippen LogP contribution in [0.25, 0.3) is 0 Å². The van der Waals surface area contributed by atoms with Crippen LogP contribution in [0.4, 0.5) is 0 Å². The smallest absolute Gasteiger partial charge is 0.0337 e. The molecule has 1 N–H and O–H groups in total. The summed E-state index contributed by atoms with van der Waals surface area (Å²) in [6.45, 7) is 4.54. The number of rotatable bonds is 0. The Balaban J connectivity index is 2.39. The van der Waals surface area contributed by atoms with Gasteiger partial charge in [-0.1, -0.05) is 0 Å². The van der Waals surface area contributed by atoms with Gasteiger partial charge in [-0.2, -0.15) is 0 Å². The van der Waals surface area contributed by atoms with Crippen LogP contribution >= 0.6 is 0 Å². The van der Waals surface area contributed by atoms with Gasteiger partial charge in [-0.3, -0.25) is 4.90 Å². The van der Waals surface area contributed by atoms with Gasteiger partial charge in [0, 0.05) is 30.4 Å². The standard InChI is InChI=1S/C10H16N2/c1-7-6-10-9(4-5-11-10)8(2)12(7)3/h4-5,7-8,11H,6H2,1-3H3. The highest BCUT2D eigenvalue weighted by Crippen LogP contribution is 2.30. The minimum absolute atomic E-state index is 0.565. The van der Waals surface area contributed by atoms with E-state index in [0.29, 0.717) is 12.1 Å². The number of fused-ring (bicyclic) bond motifs is 1. The van der Waals surface area contributed by atoms with Crippen molar-refractivity contribution in [2.24, 2.45) is 0 Å². The molecule has 66 valence electrons. The molecule has 0 fully saturated rings. The molecule has 0 aromatic carbocycles. The minimum Gasteiger partial charge on any atom is -0.365 e. The highest BCUT2D eigenvalue weighted by Gasteiger charge is 2.26. The molecule has 1 aliphatic heterocycles. The molecule has 2 unspecified atom stereocenters. The summed E-state index contributed by atoms with van der Waals surface area (Å²) in [6, 6.07) is 3.42. The second-order valence-corrected chi connectivity index (χ2v) is 3.81. The Morgan fingerprint density at radius 1 is 1.50 bits per heavy atom. The van der Waals surface area contributed by atoms with Crippen molar-refractivity contribution in [3.63, 3.8) is 0 Å². The van der Waals surface area contributed by atoms with Gasteiger partial charge >= 0.3 is 0 Å². The van der Waals surface area contributed by atoms with Crippen molar-refractivity contribution in [2.75, 3.05) is 7.05 Å². The van der Waals surface area contributed by atoms with Crippen molar-refractivity contribution >= 4 is 0 Å². The Kier molecular flexibility index (Phi) is 1.72. The third kappa shape index (κ3) is 0.985. The van der Waals surface area contributed by atoms with Crippen LogP contribution in [0, 0.1) is 0 Å². The van der Waals surface area contributed by atoms with Crippen LogP contribution in [0.3, 0.4) is 0 Å². The van der Waals surface area contributed by atoms with Crippen LogP contribution in [-0.2, 0) is 6.42 Å². The van der Waals surface area contributed by atoms with Gasteiger partial charge in [-0.05, 0) is 32.5 Å². The Labute approximate surface area is 73.6 Å². The Hall–Kier alpha value is -0.760. The average molecular weight is 164 g/mol. The average Bonchev–Trinajstić information content (AvgIpc) is 2.48. The molecule has 2 rings (SSSR count). The van der Waals surface area contributed by atoms with E-state index in [1.807, 2.05) is 6.20 Å². The van der Waals surface area contributed by atoms with Crippen molar-refractivity contribution in [3.05, 3.63) is 23.5 Å². The number of hydrogen-bond acceptors (Lipinski definition) is 1. The van der Waals surface area contributed by atoms with Gasteiger partial charge in [0.2, 0.25) is 0 Å². The van der Waals surface area contributed by atoms with Crippen LogP contribution in [-0.4, -0.2) is 23.0 Å². The molecule has 0 radical (unpaired) electrons. The van der Waals surface area contributed by atoms with Gasteiger partial charge in [0.25, 0.3) is 0 Å². The van der Waals surface area contributed by atoms with Crippen molar-refractivity contribution in [2.45, 2.75) is 32.4 Å². The van der Waals surface area contributed by atoms with E-state index in [1.54, 1.807) is 0 Å². The van der Waals surface area contributed by atoms with E-state index < -0.39 is 0 Å². The number of H-pyrrole nitrogens is 1. The number of hydrogen-bond donors (Lipinski definition) is 1. The van der Waals surface area contributed by atoms with Crippen molar-refractivity contribution in [1.29, 1.82) is 0 Å². The fraction of sp³-hybridized carbons (Fsp3) is 0.600. The second kappa shape index (κ2) is 2.63. The molecular formula is C10H16N2. The molecule has 0 saturated carbocycles. The third-order valence-corrected chi connectivity index (χ3v) is 3.12. The summed E-state index contributed by atoms with van der Waals surface area (Å²) in [5, 5.41) is 0. The molecule has 12 heavy (non-hydrogen) atoms. The number of aromatic nitrogens is 1. The number of nitrogens with one attached hydrogen (secondary N) is 1. The maximum absolute atomic E-state index is 3.31. The molecule has 1 aromatic rings. The van der Waals surface area contributed by atoms with Crippen LogP contribution in [0.2, 0.25) is 0 Å². The largest absolute Gasteiger partial charge is 0.365 e. The van der Waals surface area contributed by atoms with Crippen LogP contribution in [0.15, 0.2) is 12.3 Å². The van der Waals surface area contributed by atoms with Gasteiger partial charge in [-0.25, -0.2) is 0 Å². The van der Waals surface area contributed by atoms with Gasteiger partial charge in [0.15, 0.2) is 0 Å². The van der Waals surface area contributed by atoms with E-state index in [2.05, 4.69) is 36.8 Å². The molecule has 0 saturated heterocycles. The maximum atomic E-state index is 3.31. The summed E-state index contributed by atoms with van der Waals surface area (Å²) < 4.78 is 0. The number of likely N-dealkylation sites (N-methyl/N-ethyl adjacent to an activating group) is 1. The summed E-state index contributed by atoms with van der Waals surface area (Å²) in [4.78, 5) is 5.74. The van der Waals surface area contributed by atoms with E-state index >= 15 is 0 Å². The first-order chi connectivity index (χ1) is 5.70. The molecule has 0 bridgehead atoms. The highest BCUT2D eigenvalue weighted by atomic mass is 15.2.